The molecule has 0 saturated heterocycles. The minimum absolute atomic E-state index is 0.0148. The number of nitriles is 1. The van der Waals surface area contributed by atoms with Gasteiger partial charge in [0.2, 0.25) is 11.8 Å². The summed E-state index contributed by atoms with van der Waals surface area (Å²) in [5.74, 6) is 0.172. The van der Waals surface area contributed by atoms with Crippen molar-refractivity contribution in [3.8, 4) is 6.07 Å². The van der Waals surface area contributed by atoms with Gasteiger partial charge in [-0.2, -0.15) is 5.26 Å². The van der Waals surface area contributed by atoms with Crippen LogP contribution in [0.3, 0.4) is 0 Å². The number of hydrogen-bond donors (Lipinski definition) is 3. The van der Waals surface area contributed by atoms with Crippen LogP contribution in [0.2, 0.25) is 0 Å². The van der Waals surface area contributed by atoms with Gasteiger partial charge in [0.15, 0.2) is 0 Å². The van der Waals surface area contributed by atoms with E-state index in [-0.39, 0.29) is 24.3 Å². The van der Waals surface area contributed by atoms with Crippen LogP contribution in [0.1, 0.15) is 93.4 Å². The third-order valence-corrected chi connectivity index (χ3v) is 6.41. The maximum Gasteiger partial charge on any atom is 0.225 e. The van der Waals surface area contributed by atoms with E-state index in [4.69, 9.17) is 9.84 Å². The van der Waals surface area contributed by atoms with Gasteiger partial charge in [0.05, 0.1) is 17.1 Å². The first-order valence-corrected chi connectivity index (χ1v) is 12.0. The molecule has 1 atom stereocenters. The molecule has 3 N–H and O–H groups in total. The van der Waals surface area contributed by atoms with Crippen molar-refractivity contribution in [1.82, 2.24) is 10.6 Å². The maximum absolute atomic E-state index is 12.4. The molecular weight excluding hydrogens is 406 g/mol. The van der Waals surface area contributed by atoms with E-state index >= 15 is 0 Å². The Bertz CT molecular complexity index is 611. The zero-order valence-electron chi connectivity index (χ0n) is 21.5. The fourth-order valence-corrected chi connectivity index (χ4v) is 3.06. The first-order valence-electron chi connectivity index (χ1n) is 12.0. The summed E-state index contributed by atoms with van der Waals surface area (Å²) in [7, 11) is 0. The van der Waals surface area contributed by atoms with E-state index in [1.165, 1.54) is 0 Å². The Morgan fingerprint density at radius 3 is 2.19 bits per heavy atom. The molecule has 0 aliphatic rings. The first kappa shape index (κ1) is 30.4. The molecule has 0 fully saturated rings. The van der Waals surface area contributed by atoms with Crippen molar-refractivity contribution in [2.24, 2.45) is 16.7 Å². The zero-order chi connectivity index (χ0) is 24.8. The average Bonchev–Trinajstić information content (AvgIpc) is 2.71. The van der Waals surface area contributed by atoms with Crippen LogP contribution in [0.5, 0.6) is 0 Å². The summed E-state index contributed by atoms with van der Waals surface area (Å²) in [4.78, 5) is 24.6. The summed E-state index contributed by atoms with van der Waals surface area (Å²) in [5, 5.41) is 24.1. The van der Waals surface area contributed by atoms with Gasteiger partial charge in [-0.3, -0.25) is 9.59 Å². The molecule has 7 heteroatoms. The van der Waals surface area contributed by atoms with Crippen LogP contribution < -0.4 is 10.6 Å². The van der Waals surface area contributed by atoms with Gasteiger partial charge in [-0.1, -0.05) is 27.7 Å². The Morgan fingerprint density at radius 2 is 1.62 bits per heavy atom. The largest absolute Gasteiger partial charge is 0.396 e. The fraction of sp³-hybridized carbons (Fsp3) is 0.880. The van der Waals surface area contributed by atoms with Gasteiger partial charge >= 0.3 is 0 Å². The number of carbonyl (C=O) groups excluding carboxylic acids is 2. The molecular formula is C25H47N3O4. The molecule has 7 nitrogen and oxygen atoms in total. The number of carbonyl (C=O) groups is 2. The molecule has 1 unspecified atom stereocenters. The molecule has 2 amide bonds. The Labute approximate surface area is 195 Å². The van der Waals surface area contributed by atoms with Crippen molar-refractivity contribution in [1.29, 1.82) is 5.26 Å². The minimum Gasteiger partial charge on any atom is -0.396 e. The number of ether oxygens (including phenoxy) is 1. The second kappa shape index (κ2) is 14.5. The summed E-state index contributed by atoms with van der Waals surface area (Å²) >= 11 is 0. The molecule has 0 aliphatic heterocycles. The Kier molecular flexibility index (Phi) is 13.7. The molecule has 0 saturated carbocycles. The van der Waals surface area contributed by atoms with E-state index in [9.17, 15) is 14.9 Å². The van der Waals surface area contributed by atoms with Crippen molar-refractivity contribution in [3.63, 3.8) is 0 Å². The molecule has 0 spiro atoms. The molecule has 0 aromatic rings. The number of aliphatic hydroxyl groups excluding tert-OH is 1. The van der Waals surface area contributed by atoms with Gasteiger partial charge in [0, 0.05) is 38.1 Å². The van der Waals surface area contributed by atoms with Gasteiger partial charge in [-0.15, -0.1) is 0 Å². The quantitative estimate of drug-likeness (QED) is 0.289. The standard InChI is InChI=1S/C25H47N3O4/c1-20(2)25(7,19-26)12-11-21(30)27-16-13-24(5,6)32-18-14-23(3,4)22(31)28-15-9-8-10-17-29/h20,29H,8-18H2,1-7H3,(H,27,30)(H,28,31). The van der Waals surface area contributed by atoms with Gasteiger partial charge < -0.3 is 20.5 Å². The van der Waals surface area contributed by atoms with Gasteiger partial charge in [0.25, 0.3) is 0 Å². The lowest BCUT2D eigenvalue weighted by molar-refractivity contribution is -0.131. The third kappa shape index (κ3) is 12.4. The lowest BCUT2D eigenvalue weighted by atomic mass is 9.77. The molecule has 0 aliphatic carbocycles. The van der Waals surface area contributed by atoms with Crippen LogP contribution in [0.15, 0.2) is 0 Å². The van der Waals surface area contributed by atoms with Crippen molar-refractivity contribution in [2.45, 2.75) is 99.0 Å². The minimum atomic E-state index is -0.523. The number of nitrogens with zero attached hydrogens (tertiary/aromatic N) is 1. The Hall–Kier alpha value is -1.65. The highest BCUT2D eigenvalue weighted by Crippen LogP contribution is 2.31. The predicted octanol–water partition coefficient (Wildman–Crippen LogP) is 3.95. The van der Waals surface area contributed by atoms with Crippen LogP contribution in [0, 0.1) is 28.1 Å². The highest BCUT2D eigenvalue weighted by molar-refractivity contribution is 5.81. The van der Waals surface area contributed by atoms with E-state index < -0.39 is 16.4 Å². The van der Waals surface area contributed by atoms with E-state index in [0.29, 0.717) is 45.4 Å². The number of amides is 2. The van der Waals surface area contributed by atoms with Crippen LogP contribution in [-0.4, -0.2) is 48.8 Å². The molecule has 186 valence electrons. The van der Waals surface area contributed by atoms with Crippen LogP contribution in [0.25, 0.3) is 0 Å². The highest BCUT2D eigenvalue weighted by Gasteiger charge is 2.30. The second-order valence-electron chi connectivity index (χ2n) is 10.6. The second-order valence-corrected chi connectivity index (χ2v) is 10.6. The van der Waals surface area contributed by atoms with E-state index in [0.717, 1.165) is 19.3 Å². The van der Waals surface area contributed by atoms with Crippen molar-refractivity contribution < 1.29 is 19.4 Å². The Morgan fingerprint density at radius 1 is 0.969 bits per heavy atom. The van der Waals surface area contributed by atoms with Crippen molar-refractivity contribution in [2.75, 3.05) is 26.3 Å². The van der Waals surface area contributed by atoms with Crippen LogP contribution in [-0.2, 0) is 14.3 Å². The van der Waals surface area contributed by atoms with Gasteiger partial charge in [0.1, 0.15) is 0 Å². The lowest BCUT2D eigenvalue weighted by Gasteiger charge is -2.29. The van der Waals surface area contributed by atoms with Gasteiger partial charge in [-0.25, -0.2) is 0 Å². The summed E-state index contributed by atoms with van der Waals surface area (Å²) in [6.45, 7) is 15.5. The van der Waals surface area contributed by atoms with E-state index in [2.05, 4.69) is 16.7 Å². The molecule has 0 radical (unpaired) electrons. The number of hydrogen-bond acceptors (Lipinski definition) is 5. The van der Waals surface area contributed by atoms with Crippen molar-refractivity contribution in [3.05, 3.63) is 0 Å². The predicted molar refractivity (Wildman–Crippen MR) is 128 cm³/mol. The van der Waals surface area contributed by atoms with Gasteiger partial charge in [-0.05, 0) is 65.2 Å². The monoisotopic (exact) mass is 453 g/mol. The molecule has 0 heterocycles. The maximum atomic E-state index is 12.4. The molecule has 0 aromatic carbocycles. The summed E-state index contributed by atoms with van der Waals surface area (Å²) < 4.78 is 6.02. The molecule has 0 aromatic heterocycles. The number of nitrogens with one attached hydrogen (secondary N) is 2. The molecule has 32 heavy (non-hydrogen) atoms. The SMILES string of the molecule is CC(C)C(C)(C#N)CCC(=O)NCCC(C)(C)OCCC(C)(C)C(=O)NCCCCCO. The summed E-state index contributed by atoms with van der Waals surface area (Å²) in [6.07, 6.45) is 4.69. The average molecular weight is 454 g/mol. The van der Waals surface area contributed by atoms with Crippen molar-refractivity contribution >= 4 is 11.8 Å². The van der Waals surface area contributed by atoms with Crippen LogP contribution in [0.4, 0.5) is 0 Å². The topological polar surface area (TPSA) is 111 Å². The third-order valence-electron chi connectivity index (χ3n) is 6.41. The molecule has 0 bridgehead atoms. The van der Waals surface area contributed by atoms with E-state index in [1.54, 1.807) is 0 Å². The Balaban J connectivity index is 4.22. The number of unbranched alkanes of at least 4 members (excludes halogenated alkanes) is 2. The van der Waals surface area contributed by atoms with E-state index in [1.807, 2.05) is 48.5 Å². The van der Waals surface area contributed by atoms with Crippen LogP contribution >= 0.6 is 0 Å². The normalized spacial score (nSPS) is 14.0. The zero-order valence-corrected chi connectivity index (χ0v) is 21.5. The number of rotatable bonds is 17. The first-order chi connectivity index (χ1) is 14.8. The lowest BCUT2D eigenvalue weighted by Crippen LogP contribution is -2.39. The molecule has 0 rings (SSSR count). The smallest absolute Gasteiger partial charge is 0.225 e. The highest BCUT2D eigenvalue weighted by atomic mass is 16.5. The summed E-state index contributed by atoms with van der Waals surface area (Å²) in [6, 6.07) is 2.34. The summed E-state index contributed by atoms with van der Waals surface area (Å²) in [5.41, 5.74) is -1.42. The number of aliphatic hydroxyl groups is 1. The fourth-order valence-electron chi connectivity index (χ4n) is 3.06.